The number of rotatable bonds is 4. The van der Waals surface area contributed by atoms with Crippen LogP contribution in [0.3, 0.4) is 0 Å². The van der Waals surface area contributed by atoms with Gasteiger partial charge in [0.25, 0.3) is 0 Å². The van der Waals surface area contributed by atoms with Gasteiger partial charge in [-0.1, -0.05) is 6.07 Å². The molecule has 0 bridgehead atoms. The van der Waals surface area contributed by atoms with E-state index in [4.69, 9.17) is 15.2 Å². The molecule has 0 unspecified atom stereocenters. The zero-order chi connectivity index (χ0) is 11.7. The van der Waals surface area contributed by atoms with E-state index in [2.05, 4.69) is 19.1 Å². The summed E-state index contributed by atoms with van der Waals surface area (Å²) in [6.45, 7) is 2.07. The molecule has 0 saturated heterocycles. The minimum atomic E-state index is 0.276. The summed E-state index contributed by atoms with van der Waals surface area (Å²) in [5, 5.41) is 0. The lowest BCUT2D eigenvalue weighted by molar-refractivity contribution is 0.354. The molecule has 2 rings (SSSR count). The molecule has 1 aromatic rings. The normalized spacial score (nSPS) is 25.0. The quantitative estimate of drug-likeness (QED) is 0.847. The van der Waals surface area contributed by atoms with Crippen LogP contribution < -0.4 is 15.2 Å². The number of benzene rings is 1. The lowest BCUT2D eigenvalue weighted by Crippen LogP contribution is -2.17. The van der Waals surface area contributed by atoms with Crippen molar-refractivity contribution >= 4 is 0 Å². The molecule has 1 aromatic carbocycles. The van der Waals surface area contributed by atoms with E-state index in [0.717, 1.165) is 11.5 Å². The van der Waals surface area contributed by atoms with Gasteiger partial charge in [0, 0.05) is 6.04 Å². The van der Waals surface area contributed by atoms with Crippen molar-refractivity contribution < 1.29 is 9.47 Å². The van der Waals surface area contributed by atoms with Gasteiger partial charge < -0.3 is 15.2 Å². The molecular formula is C13H19NO2. The zero-order valence-corrected chi connectivity index (χ0v) is 10.1. The lowest BCUT2D eigenvalue weighted by Gasteiger charge is -2.10. The SMILES string of the molecule is COc1ccc([C@H]2C[C@H]2[C@H](C)N)cc1OC. The van der Waals surface area contributed by atoms with Gasteiger partial charge in [0.1, 0.15) is 0 Å². The van der Waals surface area contributed by atoms with Crippen LogP contribution in [0.2, 0.25) is 0 Å². The van der Waals surface area contributed by atoms with Crippen molar-refractivity contribution in [1.29, 1.82) is 0 Å². The topological polar surface area (TPSA) is 44.5 Å². The Balaban J connectivity index is 2.18. The average molecular weight is 221 g/mol. The van der Waals surface area contributed by atoms with Crippen molar-refractivity contribution in [2.24, 2.45) is 11.7 Å². The molecule has 1 saturated carbocycles. The van der Waals surface area contributed by atoms with Crippen molar-refractivity contribution in [2.45, 2.75) is 25.3 Å². The Morgan fingerprint density at radius 3 is 2.44 bits per heavy atom. The van der Waals surface area contributed by atoms with Crippen LogP contribution in [0.15, 0.2) is 18.2 Å². The van der Waals surface area contributed by atoms with Crippen LogP contribution in [0, 0.1) is 5.92 Å². The highest BCUT2D eigenvalue weighted by Crippen LogP contribution is 2.50. The highest BCUT2D eigenvalue weighted by molar-refractivity contribution is 5.45. The summed E-state index contributed by atoms with van der Waals surface area (Å²) in [6.07, 6.45) is 1.19. The molecule has 0 heterocycles. The van der Waals surface area contributed by atoms with Crippen LogP contribution in [0.1, 0.15) is 24.8 Å². The number of nitrogens with two attached hydrogens (primary N) is 1. The fraction of sp³-hybridized carbons (Fsp3) is 0.538. The second-order valence-corrected chi connectivity index (χ2v) is 4.48. The Morgan fingerprint density at radius 1 is 1.25 bits per heavy atom. The molecule has 0 aliphatic heterocycles. The second-order valence-electron chi connectivity index (χ2n) is 4.48. The molecule has 3 atom stereocenters. The van der Waals surface area contributed by atoms with Crippen LogP contribution in [-0.2, 0) is 0 Å². The predicted octanol–water partition coefficient (Wildman–Crippen LogP) is 2.15. The molecule has 16 heavy (non-hydrogen) atoms. The molecule has 0 amide bonds. The molecular weight excluding hydrogens is 202 g/mol. The van der Waals surface area contributed by atoms with E-state index in [1.165, 1.54) is 12.0 Å². The van der Waals surface area contributed by atoms with Crippen molar-refractivity contribution in [3.8, 4) is 11.5 Å². The summed E-state index contributed by atoms with van der Waals surface area (Å²) >= 11 is 0. The Hall–Kier alpha value is -1.22. The summed E-state index contributed by atoms with van der Waals surface area (Å²) in [5.41, 5.74) is 7.20. The molecule has 1 fully saturated rings. The largest absolute Gasteiger partial charge is 0.493 e. The van der Waals surface area contributed by atoms with E-state index in [-0.39, 0.29) is 6.04 Å². The van der Waals surface area contributed by atoms with E-state index in [1.807, 2.05) is 6.07 Å². The first-order valence-corrected chi connectivity index (χ1v) is 5.65. The van der Waals surface area contributed by atoms with Gasteiger partial charge in [-0.3, -0.25) is 0 Å². The van der Waals surface area contributed by atoms with Gasteiger partial charge >= 0.3 is 0 Å². The van der Waals surface area contributed by atoms with Crippen molar-refractivity contribution in [3.05, 3.63) is 23.8 Å². The zero-order valence-electron chi connectivity index (χ0n) is 10.1. The summed E-state index contributed by atoms with van der Waals surface area (Å²) in [4.78, 5) is 0. The Morgan fingerprint density at radius 2 is 1.94 bits per heavy atom. The molecule has 0 spiro atoms. The smallest absolute Gasteiger partial charge is 0.160 e. The molecule has 0 radical (unpaired) electrons. The summed E-state index contributed by atoms with van der Waals surface area (Å²) < 4.78 is 10.5. The van der Waals surface area contributed by atoms with Crippen molar-refractivity contribution in [3.63, 3.8) is 0 Å². The van der Waals surface area contributed by atoms with Gasteiger partial charge in [-0.15, -0.1) is 0 Å². The van der Waals surface area contributed by atoms with Gasteiger partial charge in [-0.25, -0.2) is 0 Å². The third-order valence-corrected chi connectivity index (χ3v) is 3.35. The molecule has 0 aromatic heterocycles. The van der Waals surface area contributed by atoms with Crippen LogP contribution in [0.4, 0.5) is 0 Å². The first-order chi connectivity index (χ1) is 7.67. The fourth-order valence-electron chi connectivity index (χ4n) is 2.26. The number of hydrogen-bond donors (Lipinski definition) is 1. The first-order valence-electron chi connectivity index (χ1n) is 5.65. The van der Waals surface area contributed by atoms with Gasteiger partial charge in [0.15, 0.2) is 11.5 Å². The van der Waals surface area contributed by atoms with Crippen LogP contribution >= 0.6 is 0 Å². The molecule has 1 aliphatic carbocycles. The van der Waals surface area contributed by atoms with Gasteiger partial charge in [0.2, 0.25) is 0 Å². The molecule has 2 N–H and O–H groups in total. The van der Waals surface area contributed by atoms with Crippen LogP contribution in [0.5, 0.6) is 11.5 Å². The van der Waals surface area contributed by atoms with E-state index in [0.29, 0.717) is 11.8 Å². The Labute approximate surface area is 96.5 Å². The molecule has 3 nitrogen and oxygen atoms in total. The highest BCUT2D eigenvalue weighted by atomic mass is 16.5. The molecule has 3 heteroatoms. The Bertz CT molecular complexity index is 376. The third-order valence-electron chi connectivity index (χ3n) is 3.35. The number of methoxy groups -OCH3 is 2. The lowest BCUT2D eigenvalue weighted by atomic mass is 10.1. The predicted molar refractivity (Wildman–Crippen MR) is 64.0 cm³/mol. The fourth-order valence-corrected chi connectivity index (χ4v) is 2.26. The second kappa shape index (κ2) is 4.34. The number of ether oxygens (including phenoxy) is 2. The highest BCUT2D eigenvalue weighted by Gasteiger charge is 2.40. The summed E-state index contributed by atoms with van der Waals surface area (Å²) in [5.74, 6) is 2.80. The first kappa shape index (κ1) is 11.3. The molecule has 1 aliphatic rings. The minimum absolute atomic E-state index is 0.276. The Kier molecular flexibility index (Phi) is 3.06. The maximum atomic E-state index is 5.90. The van der Waals surface area contributed by atoms with Gasteiger partial charge in [-0.2, -0.15) is 0 Å². The van der Waals surface area contributed by atoms with Crippen LogP contribution in [0.25, 0.3) is 0 Å². The van der Waals surface area contributed by atoms with E-state index in [1.54, 1.807) is 14.2 Å². The maximum absolute atomic E-state index is 5.90. The van der Waals surface area contributed by atoms with E-state index in [9.17, 15) is 0 Å². The van der Waals surface area contributed by atoms with Crippen LogP contribution in [-0.4, -0.2) is 20.3 Å². The van der Waals surface area contributed by atoms with Gasteiger partial charge in [0.05, 0.1) is 14.2 Å². The standard InChI is InChI=1S/C13H19NO2/c1-8(14)10-7-11(10)9-4-5-12(15-2)13(6-9)16-3/h4-6,8,10-11H,7,14H2,1-3H3/t8-,10-,11+/m0/s1. The summed E-state index contributed by atoms with van der Waals surface area (Å²) in [6, 6.07) is 6.41. The van der Waals surface area contributed by atoms with Crippen molar-refractivity contribution in [1.82, 2.24) is 0 Å². The maximum Gasteiger partial charge on any atom is 0.160 e. The van der Waals surface area contributed by atoms with E-state index < -0.39 is 0 Å². The third kappa shape index (κ3) is 2.00. The number of hydrogen-bond acceptors (Lipinski definition) is 3. The van der Waals surface area contributed by atoms with Crippen molar-refractivity contribution in [2.75, 3.05) is 14.2 Å². The monoisotopic (exact) mass is 221 g/mol. The minimum Gasteiger partial charge on any atom is -0.493 e. The average Bonchev–Trinajstić information content (AvgIpc) is 3.08. The summed E-state index contributed by atoms with van der Waals surface area (Å²) in [7, 11) is 3.32. The van der Waals surface area contributed by atoms with E-state index >= 15 is 0 Å². The van der Waals surface area contributed by atoms with Gasteiger partial charge in [-0.05, 0) is 42.9 Å². The molecule has 88 valence electrons.